The summed E-state index contributed by atoms with van der Waals surface area (Å²) in [4.78, 5) is 30.0. The number of hydrogen-bond acceptors (Lipinski definition) is 6. The first kappa shape index (κ1) is 20.6. The third-order valence-corrected chi connectivity index (χ3v) is 5.37. The average molecular weight is 406 g/mol. The summed E-state index contributed by atoms with van der Waals surface area (Å²) in [6, 6.07) is 7.12. The summed E-state index contributed by atoms with van der Waals surface area (Å²) < 4.78 is 16.1. The van der Waals surface area contributed by atoms with Crippen LogP contribution in [0.5, 0.6) is 0 Å². The summed E-state index contributed by atoms with van der Waals surface area (Å²) in [6.45, 7) is 4.38. The second-order valence-electron chi connectivity index (χ2n) is 7.02. The number of aliphatic imine (C=N–C) groups is 1. The molecule has 0 saturated carbocycles. The average Bonchev–Trinajstić information content (AvgIpc) is 3.18. The molecule has 0 amide bonds. The monoisotopic (exact) mass is 405 g/mol. The molecule has 1 aromatic rings. The predicted octanol–water partition coefficient (Wildman–Crippen LogP) is 3.68. The van der Waals surface area contributed by atoms with Crippen molar-refractivity contribution in [1.82, 2.24) is 0 Å². The first-order valence-electron chi connectivity index (χ1n) is 9.30. The highest BCUT2D eigenvalue weighted by molar-refractivity contribution is 6.30. The maximum atomic E-state index is 13.0. The number of carbonyl (C=O) groups excluding carboxylic acids is 2. The third-order valence-electron chi connectivity index (χ3n) is 5.14. The molecule has 28 heavy (non-hydrogen) atoms. The van der Waals surface area contributed by atoms with Gasteiger partial charge >= 0.3 is 11.9 Å². The molecule has 0 aromatic heterocycles. The van der Waals surface area contributed by atoms with Crippen LogP contribution in [0, 0.1) is 5.92 Å². The van der Waals surface area contributed by atoms with Crippen LogP contribution in [0.25, 0.3) is 0 Å². The van der Waals surface area contributed by atoms with Crippen LogP contribution >= 0.6 is 11.6 Å². The quantitative estimate of drug-likeness (QED) is 0.698. The van der Waals surface area contributed by atoms with Crippen LogP contribution in [-0.2, 0) is 23.8 Å². The largest absolute Gasteiger partial charge is 0.468 e. The van der Waals surface area contributed by atoms with Crippen molar-refractivity contribution >= 4 is 29.3 Å². The Bertz CT molecular complexity index is 826. The summed E-state index contributed by atoms with van der Waals surface area (Å²) in [6.07, 6.45) is 1.74. The van der Waals surface area contributed by atoms with E-state index in [1.807, 2.05) is 6.07 Å². The maximum Gasteiger partial charge on any atom is 0.336 e. The summed E-state index contributed by atoms with van der Waals surface area (Å²) in [5.41, 5.74) is 2.20. The Morgan fingerprint density at radius 1 is 1.32 bits per heavy atom. The Morgan fingerprint density at radius 2 is 2.11 bits per heavy atom. The Balaban J connectivity index is 1.98. The van der Waals surface area contributed by atoms with Gasteiger partial charge in [-0.2, -0.15) is 0 Å². The van der Waals surface area contributed by atoms with Gasteiger partial charge in [0, 0.05) is 29.0 Å². The predicted molar refractivity (Wildman–Crippen MR) is 105 cm³/mol. The van der Waals surface area contributed by atoms with Gasteiger partial charge in [-0.05, 0) is 44.4 Å². The van der Waals surface area contributed by atoms with E-state index in [2.05, 4.69) is 4.99 Å². The molecule has 0 spiro atoms. The fourth-order valence-corrected chi connectivity index (χ4v) is 4.02. The molecular weight excluding hydrogens is 382 g/mol. The van der Waals surface area contributed by atoms with E-state index in [4.69, 9.17) is 25.8 Å². The third kappa shape index (κ3) is 4.28. The second kappa shape index (κ2) is 8.88. The maximum absolute atomic E-state index is 13.0. The zero-order valence-corrected chi connectivity index (χ0v) is 17.0. The lowest BCUT2D eigenvalue weighted by Gasteiger charge is -2.31. The number of rotatable bonds is 5. The zero-order valence-electron chi connectivity index (χ0n) is 16.2. The Morgan fingerprint density at radius 3 is 2.75 bits per heavy atom. The minimum absolute atomic E-state index is 0.0836. The van der Waals surface area contributed by atoms with Crippen molar-refractivity contribution in [3.8, 4) is 0 Å². The van der Waals surface area contributed by atoms with E-state index in [0.29, 0.717) is 28.6 Å². The highest BCUT2D eigenvalue weighted by Gasteiger charge is 2.42. The SMILES string of the molecule is COC(=O)C1C(C)=NC(C)=C(C(=O)OC[C@H]2CCCO2)[C@@H]1c1cccc(Cl)c1. The standard InChI is InChI=1S/C21H24ClNO5/c1-12-17(20(24)26-3)19(14-6-4-7-15(22)10-14)18(13(2)23-12)21(25)28-11-16-8-5-9-27-16/h4,6-7,10,16-17,19H,5,8-9,11H2,1-3H3/t16-,17?,19-/m1/s1. The van der Waals surface area contributed by atoms with Gasteiger partial charge in [0.15, 0.2) is 0 Å². The lowest BCUT2D eigenvalue weighted by Crippen LogP contribution is -2.36. The topological polar surface area (TPSA) is 74.2 Å². The summed E-state index contributed by atoms with van der Waals surface area (Å²) in [5, 5.41) is 0.519. The summed E-state index contributed by atoms with van der Waals surface area (Å²) in [7, 11) is 1.32. The molecule has 1 saturated heterocycles. The molecule has 0 N–H and O–H groups in total. The van der Waals surface area contributed by atoms with Crippen molar-refractivity contribution < 1.29 is 23.8 Å². The summed E-state index contributed by atoms with van der Waals surface area (Å²) in [5.74, 6) is -2.26. The van der Waals surface area contributed by atoms with Gasteiger partial charge in [-0.25, -0.2) is 4.79 Å². The van der Waals surface area contributed by atoms with Gasteiger partial charge in [-0.3, -0.25) is 9.79 Å². The number of allylic oxidation sites excluding steroid dienone is 1. The van der Waals surface area contributed by atoms with E-state index in [0.717, 1.165) is 18.4 Å². The van der Waals surface area contributed by atoms with Gasteiger partial charge < -0.3 is 14.2 Å². The van der Waals surface area contributed by atoms with E-state index in [1.54, 1.807) is 32.0 Å². The highest BCUT2D eigenvalue weighted by atomic mass is 35.5. The van der Waals surface area contributed by atoms with Gasteiger partial charge in [-0.15, -0.1) is 0 Å². The molecule has 0 bridgehead atoms. The van der Waals surface area contributed by atoms with Crippen molar-refractivity contribution in [3.63, 3.8) is 0 Å². The molecule has 2 heterocycles. The van der Waals surface area contributed by atoms with Gasteiger partial charge in [0.1, 0.15) is 12.5 Å². The number of carbonyl (C=O) groups is 2. The molecule has 2 aliphatic rings. The van der Waals surface area contributed by atoms with Crippen LogP contribution in [0.3, 0.4) is 0 Å². The van der Waals surface area contributed by atoms with E-state index < -0.39 is 23.8 Å². The minimum atomic E-state index is -0.725. The Hall–Kier alpha value is -2.18. The number of benzene rings is 1. The van der Waals surface area contributed by atoms with Crippen LogP contribution in [-0.4, -0.2) is 44.1 Å². The fourth-order valence-electron chi connectivity index (χ4n) is 3.82. The molecule has 0 radical (unpaired) electrons. The Kier molecular flexibility index (Phi) is 6.52. The number of esters is 2. The van der Waals surface area contributed by atoms with Gasteiger partial charge in [-0.1, -0.05) is 23.7 Å². The molecule has 2 aliphatic heterocycles. The number of methoxy groups -OCH3 is 1. The van der Waals surface area contributed by atoms with Crippen LogP contribution in [0.1, 0.15) is 38.2 Å². The number of nitrogens with zero attached hydrogens (tertiary/aromatic N) is 1. The number of ether oxygens (including phenoxy) is 3. The number of hydrogen-bond donors (Lipinski definition) is 0. The van der Waals surface area contributed by atoms with E-state index >= 15 is 0 Å². The highest BCUT2D eigenvalue weighted by Crippen LogP contribution is 2.40. The van der Waals surface area contributed by atoms with Crippen molar-refractivity contribution in [2.75, 3.05) is 20.3 Å². The molecule has 3 rings (SSSR count). The number of halogens is 1. The molecular formula is C21H24ClNO5. The van der Waals surface area contributed by atoms with Gasteiger partial charge in [0.25, 0.3) is 0 Å². The second-order valence-corrected chi connectivity index (χ2v) is 7.46. The first-order valence-corrected chi connectivity index (χ1v) is 9.68. The van der Waals surface area contributed by atoms with Crippen LogP contribution in [0.15, 0.2) is 40.5 Å². The van der Waals surface area contributed by atoms with Crippen LogP contribution < -0.4 is 0 Å². The van der Waals surface area contributed by atoms with Crippen molar-refractivity contribution in [1.29, 1.82) is 0 Å². The van der Waals surface area contributed by atoms with Crippen LogP contribution in [0.4, 0.5) is 0 Å². The van der Waals surface area contributed by atoms with Gasteiger partial charge in [0.05, 0.1) is 18.8 Å². The molecule has 0 aliphatic carbocycles. The molecule has 6 nitrogen and oxygen atoms in total. The van der Waals surface area contributed by atoms with E-state index in [9.17, 15) is 9.59 Å². The summed E-state index contributed by atoms with van der Waals surface area (Å²) >= 11 is 6.18. The van der Waals surface area contributed by atoms with Crippen molar-refractivity contribution in [2.24, 2.45) is 10.9 Å². The van der Waals surface area contributed by atoms with Gasteiger partial charge in [0.2, 0.25) is 0 Å². The normalized spacial score (nSPS) is 24.7. The smallest absolute Gasteiger partial charge is 0.336 e. The zero-order chi connectivity index (χ0) is 20.3. The fraction of sp³-hybridized carbons (Fsp3) is 0.476. The minimum Gasteiger partial charge on any atom is -0.468 e. The molecule has 3 atom stereocenters. The molecule has 1 fully saturated rings. The lowest BCUT2D eigenvalue weighted by atomic mass is 9.75. The molecule has 150 valence electrons. The Labute approximate surface area is 169 Å². The first-order chi connectivity index (χ1) is 13.4. The van der Waals surface area contributed by atoms with Crippen LogP contribution in [0.2, 0.25) is 5.02 Å². The molecule has 7 heteroatoms. The van der Waals surface area contributed by atoms with E-state index in [-0.39, 0.29) is 12.7 Å². The van der Waals surface area contributed by atoms with E-state index in [1.165, 1.54) is 7.11 Å². The molecule has 1 unspecified atom stereocenters. The van der Waals surface area contributed by atoms with Crippen molar-refractivity contribution in [2.45, 2.75) is 38.7 Å². The lowest BCUT2D eigenvalue weighted by molar-refractivity contribution is -0.144. The van der Waals surface area contributed by atoms with Crippen molar-refractivity contribution in [3.05, 3.63) is 46.1 Å². The molecule has 1 aromatic carbocycles.